The zero-order valence-corrected chi connectivity index (χ0v) is 9.93. The number of nitrogens with one attached hydrogen (secondary N) is 1. The first-order valence-corrected chi connectivity index (χ1v) is 6.06. The van der Waals surface area contributed by atoms with Crippen LogP contribution in [0.4, 0.5) is 5.69 Å². The third-order valence-corrected chi connectivity index (χ3v) is 3.17. The Morgan fingerprint density at radius 1 is 1.39 bits per heavy atom. The highest BCUT2D eigenvalue weighted by molar-refractivity contribution is 5.95. The number of nitrogens with zero attached hydrogens (tertiary/aromatic N) is 1. The van der Waals surface area contributed by atoms with Gasteiger partial charge in [0.15, 0.2) is 0 Å². The van der Waals surface area contributed by atoms with Gasteiger partial charge >= 0.3 is 0 Å². The van der Waals surface area contributed by atoms with Crippen molar-refractivity contribution >= 4 is 22.5 Å². The Morgan fingerprint density at radius 2 is 2.33 bits per heavy atom. The Hall–Kier alpha value is -1.94. The molecule has 1 amide bonds. The van der Waals surface area contributed by atoms with Crippen molar-refractivity contribution in [1.82, 2.24) is 4.98 Å². The molecule has 18 heavy (non-hydrogen) atoms. The lowest BCUT2D eigenvalue weighted by Crippen LogP contribution is -2.22. The zero-order chi connectivity index (χ0) is 12.4. The third-order valence-electron chi connectivity index (χ3n) is 3.17. The number of carbonyl (C=O) groups is 1. The number of fused-ring (bicyclic) bond motifs is 1. The molecule has 4 heteroatoms. The highest BCUT2D eigenvalue weighted by atomic mass is 16.5. The van der Waals surface area contributed by atoms with Gasteiger partial charge in [0.05, 0.1) is 18.0 Å². The molecule has 0 saturated carbocycles. The molecule has 2 aromatic rings. The molecule has 1 aliphatic rings. The summed E-state index contributed by atoms with van der Waals surface area (Å²) in [7, 11) is 0. The summed E-state index contributed by atoms with van der Waals surface area (Å²) in [6.07, 6.45) is 2.57. The number of pyridine rings is 1. The van der Waals surface area contributed by atoms with E-state index < -0.39 is 0 Å². The van der Waals surface area contributed by atoms with Crippen molar-refractivity contribution in [3.8, 4) is 0 Å². The van der Waals surface area contributed by atoms with Gasteiger partial charge in [-0.2, -0.15) is 0 Å². The monoisotopic (exact) mass is 242 g/mol. The van der Waals surface area contributed by atoms with Gasteiger partial charge < -0.3 is 10.1 Å². The van der Waals surface area contributed by atoms with Crippen molar-refractivity contribution in [3.63, 3.8) is 0 Å². The third kappa shape index (κ3) is 2.19. The summed E-state index contributed by atoms with van der Waals surface area (Å²) in [5.41, 5.74) is 1.74. The number of amides is 1. The average Bonchev–Trinajstić information content (AvgIpc) is 2.92. The van der Waals surface area contributed by atoms with Gasteiger partial charge in [-0.1, -0.05) is 6.07 Å². The first-order chi connectivity index (χ1) is 8.83. The number of anilines is 1. The smallest absolute Gasteiger partial charge is 0.229 e. The summed E-state index contributed by atoms with van der Waals surface area (Å²) in [4.78, 5) is 16.2. The molecule has 1 aliphatic heterocycles. The van der Waals surface area contributed by atoms with Crippen molar-refractivity contribution < 1.29 is 9.53 Å². The molecule has 1 fully saturated rings. The molecule has 0 bridgehead atoms. The maximum absolute atomic E-state index is 11.9. The maximum atomic E-state index is 11.9. The molecule has 1 aromatic heterocycles. The minimum atomic E-state index is -0.0189. The molecule has 2 heterocycles. The topological polar surface area (TPSA) is 51.2 Å². The van der Waals surface area contributed by atoms with Crippen molar-refractivity contribution in [2.45, 2.75) is 6.42 Å². The van der Waals surface area contributed by atoms with E-state index in [-0.39, 0.29) is 11.8 Å². The van der Waals surface area contributed by atoms with Crippen LogP contribution in [0.1, 0.15) is 6.42 Å². The van der Waals surface area contributed by atoms with Crippen LogP contribution in [-0.4, -0.2) is 24.1 Å². The summed E-state index contributed by atoms with van der Waals surface area (Å²) in [6, 6.07) is 9.60. The van der Waals surface area contributed by atoms with Gasteiger partial charge in [0.2, 0.25) is 5.91 Å². The molecule has 92 valence electrons. The summed E-state index contributed by atoms with van der Waals surface area (Å²) < 4.78 is 5.22. The molecule has 0 spiro atoms. The number of aromatic nitrogens is 1. The Morgan fingerprint density at radius 3 is 3.17 bits per heavy atom. The predicted molar refractivity (Wildman–Crippen MR) is 69.3 cm³/mol. The minimum absolute atomic E-state index is 0.0189. The normalized spacial score (nSPS) is 19.0. The highest BCUT2D eigenvalue weighted by Gasteiger charge is 2.23. The quantitative estimate of drug-likeness (QED) is 0.878. The number of ether oxygens (including phenoxy) is 1. The number of rotatable bonds is 2. The molecule has 3 rings (SSSR count). The predicted octanol–water partition coefficient (Wildman–Crippen LogP) is 2.21. The largest absolute Gasteiger partial charge is 0.381 e. The van der Waals surface area contributed by atoms with Gasteiger partial charge in [-0.3, -0.25) is 9.78 Å². The molecule has 1 saturated heterocycles. The van der Waals surface area contributed by atoms with Crippen LogP contribution in [0.5, 0.6) is 0 Å². The Kier molecular flexibility index (Phi) is 2.94. The molecular formula is C14H14N2O2. The van der Waals surface area contributed by atoms with Crippen molar-refractivity contribution in [2.24, 2.45) is 5.92 Å². The first kappa shape index (κ1) is 11.2. The van der Waals surface area contributed by atoms with E-state index in [9.17, 15) is 4.79 Å². The van der Waals surface area contributed by atoms with Gasteiger partial charge in [-0.25, -0.2) is 0 Å². The van der Waals surface area contributed by atoms with Crippen LogP contribution in [0.15, 0.2) is 36.5 Å². The summed E-state index contributed by atoms with van der Waals surface area (Å²) in [5.74, 6) is 0.0188. The van der Waals surface area contributed by atoms with E-state index >= 15 is 0 Å². The Balaban J connectivity index is 1.79. The first-order valence-electron chi connectivity index (χ1n) is 6.06. The summed E-state index contributed by atoms with van der Waals surface area (Å²) >= 11 is 0. The number of benzene rings is 1. The molecule has 0 radical (unpaired) electrons. The summed E-state index contributed by atoms with van der Waals surface area (Å²) in [5, 5.41) is 3.96. The van der Waals surface area contributed by atoms with Gasteiger partial charge in [0.1, 0.15) is 0 Å². The maximum Gasteiger partial charge on any atom is 0.229 e. The van der Waals surface area contributed by atoms with Gasteiger partial charge in [-0.05, 0) is 30.7 Å². The van der Waals surface area contributed by atoms with E-state index in [1.54, 1.807) is 6.20 Å². The van der Waals surface area contributed by atoms with E-state index in [4.69, 9.17) is 4.74 Å². The van der Waals surface area contributed by atoms with Crippen LogP contribution in [0.3, 0.4) is 0 Å². The zero-order valence-electron chi connectivity index (χ0n) is 9.93. The second-order valence-electron chi connectivity index (χ2n) is 4.46. The standard InChI is InChI=1S/C14H14N2O2/c17-14(11-5-7-18-9-11)16-12-3-4-13-10(8-12)2-1-6-15-13/h1-4,6,8,11H,5,7,9H2,(H,16,17). The van der Waals surface area contributed by atoms with Gasteiger partial charge in [0, 0.05) is 23.9 Å². The lowest BCUT2D eigenvalue weighted by molar-refractivity contribution is -0.119. The van der Waals surface area contributed by atoms with Crippen LogP contribution >= 0.6 is 0 Å². The number of hydrogen-bond donors (Lipinski definition) is 1. The molecule has 0 aliphatic carbocycles. The lowest BCUT2D eigenvalue weighted by atomic mass is 10.1. The molecule has 1 aromatic carbocycles. The SMILES string of the molecule is O=C(Nc1ccc2ncccc2c1)C1CCOC1. The molecular weight excluding hydrogens is 228 g/mol. The minimum Gasteiger partial charge on any atom is -0.381 e. The molecule has 1 N–H and O–H groups in total. The molecule has 4 nitrogen and oxygen atoms in total. The highest BCUT2D eigenvalue weighted by Crippen LogP contribution is 2.19. The number of carbonyl (C=O) groups excluding carboxylic acids is 1. The molecule has 1 unspecified atom stereocenters. The van der Waals surface area contributed by atoms with Crippen LogP contribution in [0, 0.1) is 5.92 Å². The molecule has 1 atom stereocenters. The van der Waals surface area contributed by atoms with Crippen molar-refractivity contribution in [2.75, 3.05) is 18.5 Å². The average molecular weight is 242 g/mol. The fraction of sp³-hybridized carbons (Fsp3) is 0.286. The van der Waals surface area contributed by atoms with Crippen molar-refractivity contribution in [3.05, 3.63) is 36.5 Å². The van der Waals surface area contributed by atoms with E-state index in [0.29, 0.717) is 13.2 Å². The second kappa shape index (κ2) is 4.74. The van der Waals surface area contributed by atoms with Crippen LogP contribution in [0.2, 0.25) is 0 Å². The van der Waals surface area contributed by atoms with Crippen LogP contribution in [-0.2, 0) is 9.53 Å². The van der Waals surface area contributed by atoms with E-state index in [1.165, 1.54) is 0 Å². The van der Waals surface area contributed by atoms with Crippen LogP contribution < -0.4 is 5.32 Å². The van der Waals surface area contributed by atoms with Crippen molar-refractivity contribution in [1.29, 1.82) is 0 Å². The fourth-order valence-corrected chi connectivity index (χ4v) is 2.14. The summed E-state index contributed by atoms with van der Waals surface area (Å²) in [6.45, 7) is 1.21. The van der Waals surface area contributed by atoms with E-state index in [1.807, 2.05) is 30.3 Å². The fourth-order valence-electron chi connectivity index (χ4n) is 2.14. The van der Waals surface area contributed by atoms with E-state index in [2.05, 4.69) is 10.3 Å². The van der Waals surface area contributed by atoms with E-state index in [0.717, 1.165) is 23.0 Å². The lowest BCUT2D eigenvalue weighted by Gasteiger charge is -2.09. The second-order valence-corrected chi connectivity index (χ2v) is 4.46. The van der Waals surface area contributed by atoms with Crippen LogP contribution in [0.25, 0.3) is 10.9 Å². The number of hydrogen-bond acceptors (Lipinski definition) is 3. The van der Waals surface area contributed by atoms with Gasteiger partial charge in [-0.15, -0.1) is 0 Å². The van der Waals surface area contributed by atoms with Gasteiger partial charge in [0.25, 0.3) is 0 Å². The Labute approximate surface area is 105 Å². The Bertz CT molecular complexity index is 577.